The van der Waals surface area contributed by atoms with Gasteiger partial charge < -0.3 is 9.47 Å². The fourth-order valence-electron chi connectivity index (χ4n) is 2.22. The van der Waals surface area contributed by atoms with E-state index in [1.807, 2.05) is 54.6 Å². The zero-order chi connectivity index (χ0) is 16.8. The van der Waals surface area contributed by atoms with Crippen molar-refractivity contribution in [1.82, 2.24) is 15.4 Å². The minimum Gasteiger partial charge on any atom is -0.489 e. The Bertz CT molecular complexity index is 798. The number of nitrogens with one attached hydrogen (secondary N) is 1. The van der Waals surface area contributed by atoms with Gasteiger partial charge in [-0.15, -0.1) is 5.10 Å². The Kier molecular flexibility index (Phi) is 4.86. The number of carbonyl (C=O) groups excluding carboxylic acids is 1. The van der Waals surface area contributed by atoms with Crippen LogP contribution in [0.3, 0.4) is 0 Å². The van der Waals surface area contributed by atoms with Crippen molar-refractivity contribution in [3.05, 3.63) is 65.9 Å². The van der Waals surface area contributed by atoms with Crippen LogP contribution >= 0.6 is 0 Å². The van der Waals surface area contributed by atoms with Crippen LogP contribution in [0.2, 0.25) is 0 Å². The summed E-state index contributed by atoms with van der Waals surface area (Å²) in [6.45, 7) is 2.53. The second-order valence-corrected chi connectivity index (χ2v) is 5.04. The number of esters is 1. The highest BCUT2D eigenvalue weighted by Crippen LogP contribution is 2.23. The van der Waals surface area contributed by atoms with Gasteiger partial charge in [0.25, 0.3) is 0 Å². The van der Waals surface area contributed by atoms with Crippen LogP contribution in [0, 0.1) is 0 Å². The van der Waals surface area contributed by atoms with Gasteiger partial charge in [0.15, 0.2) is 5.69 Å². The van der Waals surface area contributed by atoms with E-state index in [0.717, 1.165) is 16.9 Å². The molecular formula is C18H17N3O3. The van der Waals surface area contributed by atoms with Gasteiger partial charge in [0.1, 0.15) is 18.1 Å². The molecule has 0 spiro atoms. The molecule has 2 aromatic carbocycles. The van der Waals surface area contributed by atoms with Crippen molar-refractivity contribution < 1.29 is 14.3 Å². The first-order valence-electron chi connectivity index (χ1n) is 7.63. The first-order valence-corrected chi connectivity index (χ1v) is 7.63. The van der Waals surface area contributed by atoms with Crippen molar-refractivity contribution in [3.63, 3.8) is 0 Å². The average molecular weight is 323 g/mol. The number of aromatic amines is 1. The average Bonchev–Trinajstić information content (AvgIpc) is 3.11. The molecule has 3 aromatic rings. The summed E-state index contributed by atoms with van der Waals surface area (Å²) in [4.78, 5) is 11.9. The third-order valence-corrected chi connectivity index (χ3v) is 3.39. The van der Waals surface area contributed by atoms with E-state index in [1.165, 1.54) is 0 Å². The number of nitrogens with zero attached hydrogens (tertiary/aromatic N) is 2. The van der Waals surface area contributed by atoms with Crippen LogP contribution in [0.15, 0.2) is 54.6 Å². The Morgan fingerprint density at radius 2 is 1.79 bits per heavy atom. The molecule has 0 radical (unpaired) electrons. The maximum Gasteiger partial charge on any atom is 0.361 e. The van der Waals surface area contributed by atoms with Crippen LogP contribution in [0.5, 0.6) is 5.75 Å². The number of aromatic nitrogens is 3. The highest BCUT2D eigenvalue weighted by atomic mass is 16.5. The lowest BCUT2D eigenvalue weighted by molar-refractivity contribution is 0.0520. The van der Waals surface area contributed by atoms with Crippen LogP contribution in [0.4, 0.5) is 0 Å². The van der Waals surface area contributed by atoms with Crippen LogP contribution in [-0.2, 0) is 11.3 Å². The molecule has 0 fully saturated rings. The molecule has 1 aromatic heterocycles. The summed E-state index contributed by atoms with van der Waals surface area (Å²) in [5.74, 6) is 0.245. The molecule has 0 unspecified atom stereocenters. The predicted octanol–water partition coefficient (Wildman–Crippen LogP) is 3.23. The van der Waals surface area contributed by atoms with E-state index in [0.29, 0.717) is 12.3 Å². The van der Waals surface area contributed by atoms with E-state index in [2.05, 4.69) is 15.4 Å². The van der Waals surface area contributed by atoms with E-state index >= 15 is 0 Å². The Morgan fingerprint density at radius 1 is 1.04 bits per heavy atom. The van der Waals surface area contributed by atoms with Crippen molar-refractivity contribution in [2.45, 2.75) is 13.5 Å². The zero-order valence-corrected chi connectivity index (χ0v) is 13.2. The van der Waals surface area contributed by atoms with Crippen LogP contribution in [0.1, 0.15) is 23.0 Å². The number of rotatable bonds is 6. The molecule has 0 aliphatic carbocycles. The molecule has 6 heteroatoms. The van der Waals surface area contributed by atoms with E-state index in [4.69, 9.17) is 9.47 Å². The standard InChI is InChI=1S/C18H17N3O3/c1-2-23-18(22)17-16(19-21-20-17)14-8-10-15(11-9-14)24-12-13-6-4-3-5-7-13/h3-11H,2,12H2,1H3,(H,19,20,21). The second-order valence-electron chi connectivity index (χ2n) is 5.04. The highest BCUT2D eigenvalue weighted by molar-refractivity contribution is 5.93. The molecule has 1 N–H and O–H groups in total. The van der Waals surface area contributed by atoms with Crippen molar-refractivity contribution in [3.8, 4) is 17.0 Å². The van der Waals surface area contributed by atoms with Crippen molar-refractivity contribution in [1.29, 1.82) is 0 Å². The van der Waals surface area contributed by atoms with E-state index in [1.54, 1.807) is 6.92 Å². The molecule has 0 amide bonds. The number of hydrogen-bond acceptors (Lipinski definition) is 5. The maximum atomic E-state index is 11.9. The fraction of sp³-hybridized carbons (Fsp3) is 0.167. The molecule has 0 saturated carbocycles. The quantitative estimate of drug-likeness (QED) is 0.705. The molecule has 0 atom stereocenters. The van der Waals surface area contributed by atoms with Gasteiger partial charge in [0, 0.05) is 5.56 Å². The Labute approximate surface area is 139 Å². The molecule has 24 heavy (non-hydrogen) atoms. The lowest BCUT2D eigenvalue weighted by Gasteiger charge is -2.07. The second kappa shape index (κ2) is 7.41. The fourth-order valence-corrected chi connectivity index (χ4v) is 2.22. The predicted molar refractivity (Wildman–Crippen MR) is 88.5 cm³/mol. The van der Waals surface area contributed by atoms with Gasteiger partial charge in [0.2, 0.25) is 0 Å². The van der Waals surface area contributed by atoms with E-state index < -0.39 is 5.97 Å². The zero-order valence-electron chi connectivity index (χ0n) is 13.2. The van der Waals surface area contributed by atoms with Gasteiger partial charge in [0.05, 0.1) is 6.61 Å². The summed E-state index contributed by atoms with van der Waals surface area (Å²) in [6, 6.07) is 17.3. The Morgan fingerprint density at radius 3 is 2.50 bits per heavy atom. The van der Waals surface area contributed by atoms with Gasteiger partial charge >= 0.3 is 5.97 Å². The first kappa shape index (κ1) is 15.7. The Balaban J connectivity index is 1.71. The molecule has 1 heterocycles. The normalized spacial score (nSPS) is 10.4. The molecule has 0 saturated heterocycles. The van der Waals surface area contributed by atoms with Crippen molar-refractivity contribution in [2.24, 2.45) is 0 Å². The number of H-pyrrole nitrogens is 1. The molecule has 6 nitrogen and oxygen atoms in total. The number of benzene rings is 2. The molecular weight excluding hydrogens is 306 g/mol. The van der Waals surface area contributed by atoms with Gasteiger partial charge in [-0.25, -0.2) is 4.79 Å². The monoisotopic (exact) mass is 323 g/mol. The summed E-state index contributed by atoms with van der Waals surface area (Å²) in [5, 5.41) is 10.4. The molecule has 3 rings (SSSR count). The topological polar surface area (TPSA) is 77.1 Å². The van der Waals surface area contributed by atoms with Crippen molar-refractivity contribution in [2.75, 3.05) is 6.61 Å². The molecule has 0 aliphatic rings. The van der Waals surface area contributed by atoms with Gasteiger partial charge in [-0.2, -0.15) is 10.3 Å². The summed E-state index contributed by atoms with van der Waals surface area (Å²) >= 11 is 0. The van der Waals surface area contributed by atoms with Crippen LogP contribution < -0.4 is 4.74 Å². The smallest absolute Gasteiger partial charge is 0.361 e. The third kappa shape index (κ3) is 3.60. The minimum atomic E-state index is -0.495. The molecule has 0 aliphatic heterocycles. The Hall–Kier alpha value is -3.15. The van der Waals surface area contributed by atoms with E-state index in [9.17, 15) is 4.79 Å². The maximum absolute atomic E-state index is 11.9. The molecule has 122 valence electrons. The first-order chi connectivity index (χ1) is 11.8. The number of hydrogen-bond donors (Lipinski definition) is 1. The largest absolute Gasteiger partial charge is 0.489 e. The van der Waals surface area contributed by atoms with Crippen molar-refractivity contribution >= 4 is 5.97 Å². The van der Waals surface area contributed by atoms with Gasteiger partial charge in [-0.3, -0.25) is 0 Å². The minimum absolute atomic E-state index is 0.176. The lowest BCUT2D eigenvalue weighted by atomic mass is 10.1. The molecule has 0 bridgehead atoms. The summed E-state index contributed by atoms with van der Waals surface area (Å²) in [7, 11) is 0. The summed E-state index contributed by atoms with van der Waals surface area (Å²) < 4.78 is 10.7. The summed E-state index contributed by atoms with van der Waals surface area (Å²) in [5.41, 5.74) is 2.50. The van der Waals surface area contributed by atoms with E-state index in [-0.39, 0.29) is 12.3 Å². The van der Waals surface area contributed by atoms with Crippen LogP contribution in [-0.4, -0.2) is 28.0 Å². The van der Waals surface area contributed by atoms with Gasteiger partial charge in [-0.1, -0.05) is 30.3 Å². The summed E-state index contributed by atoms with van der Waals surface area (Å²) in [6.07, 6.45) is 0. The lowest BCUT2D eigenvalue weighted by Crippen LogP contribution is -2.06. The highest BCUT2D eigenvalue weighted by Gasteiger charge is 2.18. The third-order valence-electron chi connectivity index (χ3n) is 3.39. The van der Waals surface area contributed by atoms with Crippen LogP contribution in [0.25, 0.3) is 11.3 Å². The number of carbonyl (C=O) groups is 1. The number of ether oxygens (including phenoxy) is 2. The van der Waals surface area contributed by atoms with Gasteiger partial charge in [-0.05, 0) is 36.8 Å². The SMILES string of the molecule is CCOC(=O)c1n[nH]nc1-c1ccc(OCc2ccccc2)cc1.